The number of aryl methyl sites for hydroxylation is 4. The molecule has 118 valence electrons. The molecule has 0 nitrogen and oxygen atoms in total. The molecule has 0 N–H and O–H groups in total. The van der Waals surface area contributed by atoms with Crippen molar-refractivity contribution in [2.75, 3.05) is 0 Å². The molecule has 0 spiro atoms. The number of rotatable bonds is 4. The van der Waals surface area contributed by atoms with E-state index in [1.54, 1.807) is 0 Å². The predicted octanol–water partition coefficient (Wildman–Crippen LogP) is 6.20. The maximum absolute atomic E-state index is 2.41. The first-order valence-electron chi connectivity index (χ1n) is 8.59. The van der Waals surface area contributed by atoms with Crippen LogP contribution >= 0.6 is 0 Å². The zero-order chi connectivity index (χ0) is 16.4. The van der Waals surface area contributed by atoms with Gasteiger partial charge in [-0.1, -0.05) is 45.0 Å². The molecule has 0 aliphatic rings. The third-order valence-corrected chi connectivity index (χ3v) is 5.36. The van der Waals surface area contributed by atoms with E-state index in [1.165, 1.54) is 44.5 Å². The molecule has 0 saturated carbocycles. The van der Waals surface area contributed by atoms with Crippen LogP contribution in [0, 0.1) is 27.7 Å². The Morgan fingerprint density at radius 1 is 0.682 bits per heavy atom. The Morgan fingerprint density at radius 3 is 1.36 bits per heavy atom. The van der Waals surface area contributed by atoms with Crippen LogP contribution in [-0.4, -0.2) is 0 Å². The number of hydrogen-bond acceptors (Lipinski definition) is 0. The van der Waals surface area contributed by atoms with Crippen LogP contribution in [0.3, 0.4) is 0 Å². The van der Waals surface area contributed by atoms with Gasteiger partial charge in [0.1, 0.15) is 0 Å². The second-order valence-corrected chi connectivity index (χ2v) is 6.67. The lowest BCUT2D eigenvalue weighted by Crippen LogP contribution is -2.03. The maximum Gasteiger partial charge on any atom is 0.00614 e. The van der Waals surface area contributed by atoms with Gasteiger partial charge < -0.3 is 0 Å². The second kappa shape index (κ2) is 6.69. The van der Waals surface area contributed by atoms with Crippen LogP contribution in [0.15, 0.2) is 24.3 Å². The van der Waals surface area contributed by atoms with E-state index in [9.17, 15) is 0 Å². The lowest BCUT2D eigenvalue weighted by Gasteiger charge is -2.19. The molecule has 0 atom stereocenters. The van der Waals surface area contributed by atoms with Crippen molar-refractivity contribution in [3.63, 3.8) is 0 Å². The van der Waals surface area contributed by atoms with Crippen LogP contribution in [0.2, 0.25) is 0 Å². The fourth-order valence-corrected chi connectivity index (χ4v) is 3.35. The highest BCUT2D eigenvalue weighted by Gasteiger charge is 2.14. The van der Waals surface area contributed by atoms with Crippen LogP contribution in [0.1, 0.15) is 71.2 Å². The van der Waals surface area contributed by atoms with Gasteiger partial charge in [-0.15, -0.1) is 0 Å². The average Bonchev–Trinajstić information content (AvgIpc) is 2.51. The third kappa shape index (κ3) is 3.11. The molecule has 2 aromatic rings. The lowest BCUT2D eigenvalue weighted by molar-refractivity contribution is 0.899. The standard InChI is InChI=1S/C22H30/c1-8-19-12-21(10-14(3)16(19)5)18(7)22-11-15(4)17(6)20(9-2)13-22/h10-13,18H,8-9H2,1-7H3. The summed E-state index contributed by atoms with van der Waals surface area (Å²) in [4.78, 5) is 0. The van der Waals surface area contributed by atoms with Crippen LogP contribution in [-0.2, 0) is 12.8 Å². The van der Waals surface area contributed by atoms with E-state index in [0.717, 1.165) is 12.8 Å². The van der Waals surface area contributed by atoms with Crippen LogP contribution in [0.4, 0.5) is 0 Å². The third-order valence-electron chi connectivity index (χ3n) is 5.36. The van der Waals surface area contributed by atoms with Gasteiger partial charge in [0.05, 0.1) is 0 Å². The molecule has 2 aromatic carbocycles. The fourth-order valence-electron chi connectivity index (χ4n) is 3.35. The topological polar surface area (TPSA) is 0 Å². The Kier molecular flexibility index (Phi) is 5.11. The fraction of sp³-hybridized carbons (Fsp3) is 0.455. The van der Waals surface area contributed by atoms with Crippen LogP contribution in [0.25, 0.3) is 0 Å². The summed E-state index contributed by atoms with van der Waals surface area (Å²) in [5.41, 5.74) is 11.6. The zero-order valence-corrected chi connectivity index (χ0v) is 15.3. The molecule has 0 fully saturated rings. The summed E-state index contributed by atoms with van der Waals surface area (Å²) < 4.78 is 0. The number of hydrogen-bond donors (Lipinski definition) is 0. The van der Waals surface area contributed by atoms with E-state index in [-0.39, 0.29) is 0 Å². The summed E-state index contributed by atoms with van der Waals surface area (Å²) in [6.45, 7) is 15.8. The molecule has 0 aromatic heterocycles. The smallest absolute Gasteiger partial charge is 0.00614 e. The van der Waals surface area contributed by atoms with E-state index in [4.69, 9.17) is 0 Å². The van der Waals surface area contributed by atoms with Gasteiger partial charge in [-0.25, -0.2) is 0 Å². The van der Waals surface area contributed by atoms with E-state index < -0.39 is 0 Å². The van der Waals surface area contributed by atoms with Gasteiger partial charge in [0, 0.05) is 5.92 Å². The molecule has 0 bridgehead atoms. The minimum Gasteiger partial charge on any atom is -0.0613 e. The Labute approximate surface area is 136 Å². The summed E-state index contributed by atoms with van der Waals surface area (Å²) in [5, 5.41) is 0. The van der Waals surface area contributed by atoms with Crippen LogP contribution in [0.5, 0.6) is 0 Å². The highest BCUT2D eigenvalue weighted by molar-refractivity contribution is 5.45. The molecule has 0 heteroatoms. The van der Waals surface area contributed by atoms with E-state index >= 15 is 0 Å². The maximum atomic E-state index is 2.41. The second-order valence-electron chi connectivity index (χ2n) is 6.67. The minimum absolute atomic E-state index is 0.453. The predicted molar refractivity (Wildman–Crippen MR) is 98.1 cm³/mol. The molecule has 2 rings (SSSR count). The quantitative estimate of drug-likeness (QED) is 0.630. The van der Waals surface area contributed by atoms with Crippen molar-refractivity contribution < 1.29 is 0 Å². The lowest BCUT2D eigenvalue weighted by atomic mass is 9.85. The summed E-state index contributed by atoms with van der Waals surface area (Å²) in [5.74, 6) is 0.453. The first-order valence-corrected chi connectivity index (χ1v) is 8.59. The van der Waals surface area contributed by atoms with Crippen molar-refractivity contribution in [2.45, 2.75) is 67.2 Å². The van der Waals surface area contributed by atoms with Crippen molar-refractivity contribution in [1.29, 1.82) is 0 Å². The SMILES string of the molecule is CCc1cc(C(C)c2cc(C)c(C)c(CC)c2)cc(C)c1C. The zero-order valence-electron chi connectivity index (χ0n) is 15.3. The Morgan fingerprint density at radius 2 is 1.05 bits per heavy atom. The summed E-state index contributed by atoms with van der Waals surface area (Å²) >= 11 is 0. The monoisotopic (exact) mass is 294 g/mol. The molecule has 22 heavy (non-hydrogen) atoms. The van der Waals surface area contributed by atoms with E-state index in [0.29, 0.717) is 5.92 Å². The molecule has 0 aliphatic carbocycles. The highest BCUT2D eigenvalue weighted by Crippen LogP contribution is 2.30. The van der Waals surface area contributed by atoms with Gasteiger partial charge in [0.25, 0.3) is 0 Å². The van der Waals surface area contributed by atoms with Gasteiger partial charge in [0.2, 0.25) is 0 Å². The molecular weight excluding hydrogens is 264 g/mol. The van der Waals surface area contributed by atoms with E-state index in [2.05, 4.69) is 72.7 Å². The highest BCUT2D eigenvalue weighted by atomic mass is 14.2. The molecule has 0 unspecified atom stereocenters. The van der Waals surface area contributed by atoms with Gasteiger partial charge in [0.15, 0.2) is 0 Å². The van der Waals surface area contributed by atoms with Crippen LogP contribution < -0.4 is 0 Å². The van der Waals surface area contributed by atoms with Gasteiger partial charge in [-0.3, -0.25) is 0 Å². The Hall–Kier alpha value is -1.56. The van der Waals surface area contributed by atoms with Crippen molar-refractivity contribution >= 4 is 0 Å². The van der Waals surface area contributed by atoms with Gasteiger partial charge >= 0.3 is 0 Å². The largest absolute Gasteiger partial charge is 0.0613 e. The molecular formula is C22H30. The van der Waals surface area contributed by atoms with Crippen molar-refractivity contribution in [1.82, 2.24) is 0 Å². The van der Waals surface area contributed by atoms with Gasteiger partial charge in [-0.05, 0) is 85.0 Å². The van der Waals surface area contributed by atoms with Crippen molar-refractivity contribution in [3.05, 3.63) is 68.8 Å². The first kappa shape index (κ1) is 16.8. The van der Waals surface area contributed by atoms with Crippen molar-refractivity contribution in [2.24, 2.45) is 0 Å². The van der Waals surface area contributed by atoms with Gasteiger partial charge in [-0.2, -0.15) is 0 Å². The number of benzene rings is 2. The molecule has 0 saturated heterocycles. The summed E-state index contributed by atoms with van der Waals surface area (Å²) in [7, 11) is 0. The Bertz CT molecular complexity index is 617. The summed E-state index contributed by atoms with van der Waals surface area (Å²) in [6, 6.07) is 9.57. The normalized spacial score (nSPS) is 11.3. The first-order chi connectivity index (χ1) is 10.4. The minimum atomic E-state index is 0.453. The van der Waals surface area contributed by atoms with Crippen molar-refractivity contribution in [3.8, 4) is 0 Å². The molecule has 0 amide bonds. The molecule has 0 heterocycles. The Balaban J connectivity index is 2.50. The molecule has 0 radical (unpaired) electrons. The molecule has 0 aliphatic heterocycles. The summed E-state index contributed by atoms with van der Waals surface area (Å²) in [6.07, 6.45) is 2.22. The van der Waals surface area contributed by atoms with E-state index in [1.807, 2.05) is 0 Å². The average molecular weight is 294 g/mol.